The van der Waals surface area contributed by atoms with Crippen molar-refractivity contribution in [3.63, 3.8) is 0 Å². The predicted octanol–water partition coefficient (Wildman–Crippen LogP) is 8.69. The summed E-state index contributed by atoms with van der Waals surface area (Å²) in [7, 11) is -4.91. The Kier molecular flexibility index (Phi) is 6.79. The van der Waals surface area contributed by atoms with Gasteiger partial charge in [-0.2, -0.15) is 0 Å². The van der Waals surface area contributed by atoms with Gasteiger partial charge in [0.15, 0.2) is 8.32 Å². The molecule has 34 heavy (non-hydrogen) atoms. The first-order valence-electron chi connectivity index (χ1n) is 13.9. The second-order valence-corrected chi connectivity index (χ2v) is 28.5. The minimum absolute atomic E-state index is 0.135. The first kappa shape index (κ1) is 26.7. The first-order chi connectivity index (χ1) is 15.4. The molecule has 0 heterocycles. The van der Waals surface area contributed by atoms with Gasteiger partial charge in [0.25, 0.3) is 0 Å². The summed E-state index contributed by atoms with van der Waals surface area (Å²) in [6.07, 6.45) is 11.7. The molecular weight excluding hydrogens is 469 g/mol. The molecule has 4 aliphatic rings. The highest BCUT2D eigenvalue weighted by Gasteiger charge is 2.60. The van der Waals surface area contributed by atoms with Crippen LogP contribution >= 0.6 is 0 Å². The summed E-state index contributed by atoms with van der Waals surface area (Å²) in [5.41, 5.74) is 2.21. The maximum Gasteiger partial charge on any atom is 0.241 e. The van der Waals surface area contributed by atoms with Crippen molar-refractivity contribution in [3.05, 3.63) is 23.2 Å². The fourth-order valence-corrected chi connectivity index (χ4v) is 10.8. The van der Waals surface area contributed by atoms with E-state index in [9.17, 15) is 0 Å². The van der Waals surface area contributed by atoms with Gasteiger partial charge in [-0.15, -0.1) is 0 Å². The molecule has 3 nitrogen and oxygen atoms in total. The number of allylic oxidation sites excluding steroid dienone is 3. The summed E-state index contributed by atoms with van der Waals surface area (Å²) < 4.78 is 20.2. The molecule has 0 bridgehead atoms. The van der Waals surface area contributed by atoms with Gasteiger partial charge in [0.05, 0.1) is 0 Å². The molecule has 0 N–H and O–H groups in total. The largest absolute Gasteiger partial charge is 0.545 e. The van der Waals surface area contributed by atoms with E-state index in [4.69, 9.17) is 13.3 Å². The zero-order chi connectivity index (χ0) is 25.3. The van der Waals surface area contributed by atoms with Crippen molar-refractivity contribution in [1.82, 2.24) is 0 Å². The number of fused-ring (bicyclic) bond motifs is 5. The second-order valence-electron chi connectivity index (χ2n) is 15.2. The van der Waals surface area contributed by atoms with Crippen molar-refractivity contribution >= 4 is 25.0 Å². The fourth-order valence-electron chi connectivity index (χ4n) is 7.75. The molecule has 6 atom stereocenters. The van der Waals surface area contributed by atoms with Crippen LogP contribution in [-0.4, -0.2) is 31.1 Å². The van der Waals surface area contributed by atoms with Crippen molar-refractivity contribution in [3.8, 4) is 0 Å². The molecule has 3 unspecified atom stereocenters. The van der Waals surface area contributed by atoms with Crippen LogP contribution < -0.4 is 0 Å². The van der Waals surface area contributed by atoms with Gasteiger partial charge in [-0.05, 0) is 121 Å². The molecule has 0 aromatic carbocycles. The molecule has 194 valence electrons. The molecule has 0 amide bonds. The summed E-state index contributed by atoms with van der Waals surface area (Å²) in [6.45, 7) is 26.0. The Bertz CT molecular complexity index is 860. The normalized spacial score (nSPS) is 38.6. The van der Waals surface area contributed by atoms with Crippen LogP contribution in [0.4, 0.5) is 0 Å². The van der Waals surface area contributed by atoms with Crippen molar-refractivity contribution in [1.29, 1.82) is 0 Å². The van der Waals surface area contributed by atoms with E-state index < -0.39 is 25.0 Å². The van der Waals surface area contributed by atoms with Crippen LogP contribution in [0.5, 0.6) is 0 Å². The third-order valence-corrected chi connectivity index (χ3v) is 11.7. The smallest absolute Gasteiger partial charge is 0.241 e. The molecule has 0 radical (unpaired) electrons. The Morgan fingerprint density at radius 3 is 1.94 bits per heavy atom. The molecule has 0 spiro atoms. The van der Waals surface area contributed by atoms with Crippen LogP contribution in [0.2, 0.25) is 58.9 Å². The van der Waals surface area contributed by atoms with E-state index in [0.29, 0.717) is 17.4 Å². The van der Waals surface area contributed by atoms with Crippen LogP contribution in [0.15, 0.2) is 23.2 Å². The zero-order valence-electron chi connectivity index (χ0n) is 24.1. The van der Waals surface area contributed by atoms with E-state index in [0.717, 1.165) is 24.7 Å². The van der Waals surface area contributed by atoms with Crippen LogP contribution in [0, 0.1) is 28.6 Å². The van der Waals surface area contributed by atoms with Crippen molar-refractivity contribution in [2.75, 3.05) is 0 Å². The van der Waals surface area contributed by atoms with Gasteiger partial charge in [0, 0.05) is 17.9 Å². The maximum atomic E-state index is 6.89. The van der Waals surface area contributed by atoms with Crippen molar-refractivity contribution in [2.45, 2.75) is 124 Å². The van der Waals surface area contributed by atoms with E-state index in [1.165, 1.54) is 43.6 Å². The molecule has 0 aromatic rings. The van der Waals surface area contributed by atoms with Gasteiger partial charge in [-0.1, -0.05) is 25.5 Å². The lowest BCUT2D eigenvalue weighted by atomic mass is 9.48. The van der Waals surface area contributed by atoms with Crippen LogP contribution in [-0.2, 0) is 13.3 Å². The van der Waals surface area contributed by atoms with Crippen molar-refractivity contribution in [2.24, 2.45) is 28.6 Å². The lowest BCUT2D eigenvalue weighted by Crippen LogP contribution is -2.51. The predicted molar refractivity (Wildman–Crippen MR) is 151 cm³/mol. The average Bonchev–Trinajstić information content (AvgIpc) is 2.90. The highest BCUT2D eigenvalue weighted by molar-refractivity contribution is 6.70. The van der Waals surface area contributed by atoms with E-state index in [1.54, 1.807) is 5.57 Å². The fraction of sp³-hybridized carbons (Fsp3) is 0.857. The standard InChI is InChI=1S/C28H52O3Si3/c1-27-16-14-21(29-32(3,4)5)18-20(27)12-13-22-23(27)15-17-28(2)24(22)19-25(30-33(6,7)8)26(28)31-34(9,10)11/h12,21-24H,13-19H2,1-11H3/t21-,22?,23?,24?,27-,28-/m0/s1. The molecule has 2 saturated carbocycles. The van der Waals surface area contributed by atoms with E-state index in [1.807, 2.05) is 0 Å². The van der Waals surface area contributed by atoms with E-state index in [2.05, 4.69) is 78.8 Å². The Labute approximate surface area is 213 Å². The number of rotatable bonds is 6. The molecule has 2 fully saturated rings. The summed E-state index contributed by atoms with van der Waals surface area (Å²) in [6, 6.07) is 0. The number of hydrogen-bond donors (Lipinski definition) is 0. The molecule has 4 rings (SSSR count). The summed E-state index contributed by atoms with van der Waals surface area (Å²) >= 11 is 0. The third-order valence-electron chi connectivity index (χ3n) is 8.98. The Morgan fingerprint density at radius 2 is 1.35 bits per heavy atom. The minimum Gasteiger partial charge on any atom is -0.545 e. The molecule has 4 aliphatic carbocycles. The van der Waals surface area contributed by atoms with Gasteiger partial charge in [0.1, 0.15) is 11.5 Å². The van der Waals surface area contributed by atoms with Crippen LogP contribution in [0.25, 0.3) is 0 Å². The highest BCUT2D eigenvalue weighted by Crippen LogP contribution is 2.66. The van der Waals surface area contributed by atoms with Gasteiger partial charge < -0.3 is 13.3 Å². The molecule has 6 heteroatoms. The molecular formula is C28H52O3Si3. The summed E-state index contributed by atoms with van der Waals surface area (Å²) in [5, 5.41) is 0. The minimum atomic E-state index is -1.72. The second kappa shape index (κ2) is 8.63. The zero-order valence-corrected chi connectivity index (χ0v) is 27.1. The van der Waals surface area contributed by atoms with Gasteiger partial charge in [0.2, 0.25) is 16.6 Å². The Morgan fingerprint density at radius 1 is 0.735 bits per heavy atom. The molecule has 0 saturated heterocycles. The molecule has 0 aromatic heterocycles. The first-order valence-corrected chi connectivity index (χ1v) is 24.1. The van der Waals surface area contributed by atoms with Crippen LogP contribution in [0.1, 0.15) is 58.8 Å². The van der Waals surface area contributed by atoms with E-state index in [-0.39, 0.29) is 5.41 Å². The summed E-state index contributed by atoms with van der Waals surface area (Å²) in [5.74, 6) is 4.66. The van der Waals surface area contributed by atoms with E-state index >= 15 is 0 Å². The maximum absolute atomic E-state index is 6.89. The lowest BCUT2D eigenvalue weighted by molar-refractivity contribution is -0.0368. The Hall–Kier alpha value is -0.309. The average molecular weight is 521 g/mol. The molecule has 0 aliphatic heterocycles. The lowest BCUT2D eigenvalue weighted by Gasteiger charge is -2.57. The van der Waals surface area contributed by atoms with Gasteiger partial charge >= 0.3 is 0 Å². The van der Waals surface area contributed by atoms with Crippen LogP contribution in [0.3, 0.4) is 0 Å². The monoisotopic (exact) mass is 520 g/mol. The van der Waals surface area contributed by atoms with Gasteiger partial charge in [-0.3, -0.25) is 0 Å². The van der Waals surface area contributed by atoms with Crippen molar-refractivity contribution < 1.29 is 13.3 Å². The Balaban J connectivity index is 1.62. The number of hydrogen-bond acceptors (Lipinski definition) is 3. The highest BCUT2D eigenvalue weighted by atomic mass is 28.4. The third kappa shape index (κ3) is 5.21. The quantitative estimate of drug-likeness (QED) is 0.259. The SMILES string of the molecule is C[C@]12CC[C@H](O[Si](C)(C)C)CC1=CCC1C2CC[C@]2(C)C(O[Si](C)(C)C)=C(O[Si](C)(C)C)CC12. The van der Waals surface area contributed by atoms with Gasteiger partial charge in [-0.25, -0.2) is 0 Å². The topological polar surface area (TPSA) is 27.7 Å². The summed E-state index contributed by atoms with van der Waals surface area (Å²) in [4.78, 5) is 0.